The maximum absolute atomic E-state index is 11.4. The molecule has 0 radical (unpaired) electrons. The van der Waals surface area contributed by atoms with Gasteiger partial charge in [-0.1, -0.05) is 0 Å². The summed E-state index contributed by atoms with van der Waals surface area (Å²) in [6, 6.07) is 4.01. The number of carbonyl (C=O) groups is 1. The highest BCUT2D eigenvalue weighted by atomic mass is 32.1. The summed E-state index contributed by atoms with van der Waals surface area (Å²) >= 11 is 1.43. The van der Waals surface area contributed by atoms with Crippen molar-refractivity contribution in [1.82, 2.24) is 10.3 Å². The van der Waals surface area contributed by atoms with Crippen molar-refractivity contribution >= 4 is 17.2 Å². The van der Waals surface area contributed by atoms with Crippen LogP contribution >= 0.6 is 11.3 Å². The molecule has 2 atom stereocenters. The lowest BCUT2D eigenvalue weighted by Gasteiger charge is -2.37. The molecule has 0 aliphatic carbocycles. The maximum atomic E-state index is 11.4. The number of nitrogens with one attached hydrogen (secondary N) is 1. The summed E-state index contributed by atoms with van der Waals surface area (Å²) in [6.07, 6.45) is -0.122. The number of aliphatic hydroxyl groups excluding tert-OH is 1. The Labute approximate surface area is 116 Å². The Balaban J connectivity index is 1.99. The molecule has 7 heteroatoms. The molecule has 1 amide bonds. The minimum Gasteiger partial charge on any atom is -0.394 e. The first kappa shape index (κ1) is 14.4. The second kappa shape index (κ2) is 6.44. The molecule has 1 aliphatic rings. The molecule has 2 rings (SSSR count). The molecule has 1 aromatic rings. The van der Waals surface area contributed by atoms with Crippen LogP contribution in [-0.2, 0) is 11.3 Å². The van der Waals surface area contributed by atoms with E-state index in [0.717, 1.165) is 11.4 Å². The zero-order chi connectivity index (χ0) is 13.8. The van der Waals surface area contributed by atoms with E-state index in [0.29, 0.717) is 24.1 Å². The van der Waals surface area contributed by atoms with E-state index < -0.39 is 0 Å². The highest BCUT2D eigenvalue weighted by molar-refractivity contribution is 7.14. The number of amides is 1. The number of morpholine rings is 1. The van der Waals surface area contributed by atoms with Crippen molar-refractivity contribution < 1.29 is 14.6 Å². The molecule has 6 nitrogen and oxygen atoms in total. The third-order valence-corrected chi connectivity index (χ3v) is 4.28. The van der Waals surface area contributed by atoms with E-state index in [1.54, 1.807) is 6.07 Å². The number of aliphatic hydroxyl groups is 1. The summed E-state index contributed by atoms with van der Waals surface area (Å²) in [7, 11) is 0. The van der Waals surface area contributed by atoms with Crippen molar-refractivity contribution in [3.8, 4) is 0 Å². The zero-order valence-corrected chi connectivity index (χ0v) is 11.7. The van der Waals surface area contributed by atoms with Gasteiger partial charge >= 0.3 is 0 Å². The number of thiophene rings is 1. The lowest BCUT2D eigenvalue weighted by atomic mass is 10.2. The number of hydrazine groups is 1. The first-order chi connectivity index (χ1) is 9.13. The van der Waals surface area contributed by atoms with E-state index in [9.17, 15) is 4.79 Å². The fraction of sp³-hybridized carbons (Fsp3) is 0.583. The Hall–Kier alpha value is -0.990. The molecule has 0 spiro atoms. The minimum absolute atomic E-state index is 0.0362. The molecule has 4 N–H and O–H groups in total. The predicted octanol–water partition coefficient (Wildman–Crippen LogP) is -0.0668. The molecular formula is C12H19N3O3S. The molecule has 1 saturated heterocycles. The second-order valence-corrected chi connectivity index (χ2v) is 5.82. The summed E-state index contributed by atoms with van der Waals surface area (Å²) in [6.45, 7) is 4.20. The molecule has 2 unspecified atom stereocenters. The van der Waals surface area contributed by atoms with Gasteiger partial charge in [0.05, 0.1) is 24.2 Å². The Morgan fingerprint density at radius 1 is 1.68 bits per heavy atom. The van der Waals surface area contributed by atoms with Gasteiger partial charge in [0.25, 0.3) is 5.91 Å². The first-order valence-corrected chi connectivity index (χ1v) is 7.02. The van der Waals surface area contributed by atoms with Gasteiger partial charge in [0, 0.05) is 24.0 Å². The van der Waals surface area contributed by atoms with Crippen LogP contribution in [0.1, 0.15) is 21.5 Å². The van der Waals surface area contributed by atoms with Gasteiger partial charge < -0.3 is 9.84 Å². The molecule has 1 aromatic heterocycles. The number of hydrogen-bond donors (Lipinski definition) is 3. The zero-order valence-electron chi connectivity index (χ0n) is 10.8. The van der Waals surface area contributed by atoms with Crippen LogP contribution in [0.2, 0.25) is 0 Å². The summed E-state index contributed by atoms with van der Waals surface area (Å²) in [5.74, 6) is 4.84. The summed E-state index contributed by atoms with van der Waals surface area (Å²) in [5.41, 5.74) is 2.13. The van der Waals surface area contributed by atoms with Crippen LogP contribution in [0.4, 0.5) is 0 Å². The van der Waals surface area contributed by atoms with Crippen molar-refractivity contribution in [2.75, 3.05) is 19.8 Å². The van der Waals surface area contributed by atoms with Crippen LogP contribution in [0, 0.1) is 0 Å². The van der Waals surface area contributed by atoms with Gasteiger partial charge in [0.2, 0.25) is 0 Å². The number of nitrogens with zero attached hydrogens (tertiary/aromatic N) is 1. The normalized spacial score (nSPS) is 24.4. The lowest BCUT2D eigenvalue weighted by molar-refractivity contribution is -0.0802. The number of carbonyl (C=O) groups excluding carboxylic acids is 1. The highest BCUT2D eigenvalue weighted by Crippen LogP contribution is 2.21. The van der Waals surface area contributed by atoms with Gasteiger partial charge in [-0.25, -0.2) is 5.84 Å². The van der Waals surface area contributed by atoms with Gasteiger partial charge in [0.1, 0.15) is 0 Å². The van der Waals surface area contributed by atoms with E-state index in [2.05, 4.69) is 17.2 Å². The number of rotatable bonds is 4. The van der Waals surface area contributed by atoms with Crippen LogP contribution < -0.4 is 11.3 Å². The van der Waals surface area contributed by atoms with Crippen LogP contribution in [0.15, 0.2) is 12.1 Å². The van der Waals surface area contributed by atoms with Gasteiger partial charge in [0.15, 0.2) is 0 Å². The number of ether oxygens (including phenoxy) is 1. The smallest absolute Gasteiger partial charge is 0.275 e. The molecule has 2 heterocycles. The topological polar surface area (TPSA) is 87.8 Å². The molecule has 106 valence electrons. The third kappa shape index (κ3) is 3.52. The van der Waals surface area contributed by atoms with Gasteiger partial charge in [-0.05, 0) is 19.1 Å². The van der Waals surface area contributed by atoms with Crippen LogP contribution in [0.3, 0.4) is 0 Å². The molecular weight excluding hydrogens is 266 g/mol. The Morgan fingerprint density at radius 3 is 3.16 bits per heavy atom. The van der Waals surface area contributed by atoms with Crippen LogP contribution in [-0.4, -0.2) is 47.8 Å². The molecule has 19 heavy (non-hydrogen) atoms. The highest BCUT2D eigenvalue weighted by Gasteiger charge is 2.26. The maximum Gasteiger partial charge on any atom is 0.275 e. The minimum atomic E-state index is -0.264. The lowest BCUT2D eigenvalue weighted by Crippen LogP contribution is -2.48. The Morgan fingerprint density at radius 2 is 2.47 bits per heavy atom. The third-order valence-electron chi connectivity index (χ3n) is 3.21. The largest absolute Gasteiger partial charge is 0.394 e. The molecule has 0 bridgehead atoms. The molecule has 1 aliphatic heterocycles. The van der Waals surface area contributed by atoms with E-state index in [4.69, 9.17) is 15.7 Å². The van der Waals surface area contributed by atoms with Crippen molar-refractivity contribution in [1.29, 1.82) is 0 Å². The van der Waals surface area contributed by atoms with Crippen LogP contribution in [0.25, 0.3) is 0 Å². The van der Waals surface area contributed by atoms with Crippen molar-refractivity contribution in [3.05, 3.63) is 21.9 Å². The summed E-state index contributed by atoms with van der Waals surface area (Å²) in [4.78, 5) is 15.3. The van der Waals surface area contributed by atoms with Crippen molar-refractivity contribution in [3.63, 3.8) is 0 Å². The van der Waals surface area contributed by atoms with E-state index in [1.807, 2.05) is 6.07 Å². The number of hydrogen-bond acceptors (Lipinski definition) is 6. The van der Waals surface area contributed by atoms with Crippen molar-refractivity contribution in [2.24, 2.45) is 5.84 Å². The SMILES string of the molecule is CC1COC(CO)CN1Cc1ccc(C(=O)NN)s1. The van der Waals surface area contributed by atoms with E-state index in [-0.39, 0.29) is 18.6 Å². The Bertz CT molecular complexity index is 438. The average molecular weight is 285 g/mol. The van der Waals surface area contributed by atoms with Gasteiger partial charge in [-0.15, -0.1) is 11.3 Å². The van der Waals surface area contributed by atoms with Crippen molar-refractivity contribution in [2.45, 2.75) is 25.6 Å². The van der Waals surface area contributed by atoms with Gasteiger partial charge in [-0.2, -0.15) is 0 Å². The second-order valence-electron chi connectivity index (χ2n) is 4.66. The van der Waals surface area contributed by atoms with Gasteiger partial charge in [-0.3, -0.25) is 15.1 Å². The summed E-state index contributed by atoms with van der Waals surface area (Å²) < 4.78 is 5.50. The number of nitrogens with two attached hydrogens (primary N) is 1. The quantitative estimate of drug-likeness (QED) is 0.409. The molecule has 0 aromatic carbocycles. The summed E-state index contributed by atoms with van der Waals surface area (Å²) in [5, 5.41) is 9.15. The fourth-order valence-electron chi connectivity index (χ4n) is 2.06. The standard InChI is InChI=1S/C12H19N3O3S/c1-8-7-18-9(6-16)4-15(8)5-10-2-3-11(19-10)12(17)14-13/h2-3,8-9,16H,4-7,13H2,1H3,(H,14,17). The van der Waals surface area contributed by atoms with Crippen LogP contribution in [0.5, 0.6) is 0 Å². The Kier molecular flexibility index (Phi) is 4.89. The first-order valence-electron chi connectivity index (χ1n) is 6.20. The molecule has 1 fully saturated rings. The number of nitrogen functional groups attached to an aromatic ring is 1. The predicted molar refractivity (Wildman–Crippen MR) is 72.7 cm³/mol. The average Bonchev–Trinajstić information content (AvgIpc) is 2.89. The van der Waals surface area contributed by atoms with E-state index in [1.165, 1.54) is 11.3 Å². The molecule has 0 saturated carbocycles. The fourth-order valence-corrected chi connectivity index (χ4v) is 3.00. The van der Waals surface area contributed by atoms with E-state index >= 15 is 0 Å². The monoisotopic (exact) mass is 285 g/mol.